The van der Waals surface area contributed by atoms with Crippen molar-refractivity contribution in [2.24, 2.45) is 0 Å². The van der Waals surface area contributed by atoms with E-state index in [1.165, 1.54) is 16.7 Å². The first-order chi connectivity index (χ1) is 16.3. The summed E-state index contributed by atoms with van der Waals surface area (Å²) in [6.07, 6.45) is 1.83. The average molecular weight is 585 g/mol. The molecule has 3 rings (SSSR count). The number of halogens is 2. The van der Waals surface area contributed by atoms with Crippen LogP contribution >= 0.6 is 51.5 Å². The molecule has 0 spiro atoms. The van der Waals surface area contributed by atoms with Crippen LogP contribution in [0.5, 0.6) is 11.5 Å². The van der Waals surface area contributed by atoms with Crippen molar-refractivity contribution >= 4 is 73.8 Å². The number of benzene rings is 2. The second-order valence-corrected chi connectivity index (χ2v) is 9.97. The zero-order chi connectivity index (χ0) is 24.7. The van der Waals surface area contributed by atoms with Gasteiger partial charge in [0.1, 0.15) is 10.9 Å². The summed E-state index contributed by atoms with van der Waals surface area (Å²) in [5, 5.41) is 0.623. The van der Waals surface area contributed by atoms with E-state index in [1.807, 2.05) is 37.3 Å². The van der Waals surface area contributed by atoms with Crippen LogP contribution in [0.25, 0.3) is 6.08 Å². The standard InChI is InChI=1S/C24H23BrClNO5S2/c1-3-30-19-12-15(11-17(25)22(19)32-14-16-7-5-6-8-18(16)26)13-20-23(29)27(24(33)34-20)10-9-21(28)31-4-2/h5-8,11-13H,3-4,9-10,14H2,1-2H3/b20-13-. The number of carbonyl (C=O) groups excluding carboxylic acids is 2. The van der Waals surface area contributed by atoms with Gasteiger partial charge in [0.25, 0.3) is 5.91 Å². The first-order valence-corrected chi connectivity index (χ1v) is 13.0. The topological polar surface area (TPSA) is 65.1 Å². The van der Waals surface area contributed by atoms with E-state index in [-0.39, 0.29) is 31.4 Å². The Morgan fingerprint density at radius 2 is 1.97 bits per heavy atom. The summed E-state index contributed by atoms with van der Waals surface area (Å²) in [4.78, 5) is 26.4. The van der Waals surface area contributed by atoms with Gasteiger partial charge in [0.05, 0.1) is 29.0 Å². The molecular weight excluding hydrogens is 562 g/mol. The van der Waals surface area contributed by atoms with Gasteiger partial charge in [-0.2, -0.15) is 0 Å². The van der Waals surface area contributed by atoms with Crippen molar-refractivity contribution < 1.29 is 23.8 Å². The van der Waals surface area contributed by atoms with Crippen molar-refractivity contribution in [1.82, 2.24) is 4.90 Å². The minimum atomic E-state index is -0.363. The van der Waals surface area contributed by atoms with E-state index in [0.717, 1.165) is 11.1 Å². The highest BCUT2D eigenvalue weighted by molar-refractivity contribution is 9.10. The largest absolute Gasteiger partial charge is 0.490 e. The van der Waals surface area contributed by atoms with Crippen LogP contribution in [-0.4, -0.2) is 40.9 Å². The lowest BCUT2D eigenvalue weighted by molar-refractivity contribution is -0.143. The predicted molar refractivity (Wildman–Crippen MR) is 142 cm³/mol. The van der Waals surface area contributed by atoms with Crippen LogP contribution in [-0.2, 0) is 20.9 Å². The Morgan fingerprint density at radius 3 is 2.68 bits per heavy atom. The molecule has 1 saturated heterocycles. The van der Waals surface area contributed by atoms with E-state index in [4.69, 9.17) is 38.0 Å². The van der Waals surface area contributed by atoms with Crippen molar-refractivity contribution in [3.63, 3.8) is 0 Å². The van der Waals surface area contributed by atoms with Crippen molar-refractivity contribution in [3.05, 3.63) is 61.9 Å². The van der Waals surface area contributed by atoms with Crippen LogP contribution < -0.4 is 9.47 Å². The smallest absolute Gasteiger partial charge is 0.307 e. The molecule has 1 aliphatic heterocycles. The van der Waals surface area contributed by atoms with Gasteiger partial charge in [-0.05, 0) is 59.6 Å². The number of esters is 1. The minimum absolute atomic E-state index is 0.0884. The first kappa shape index (κ1) is 26.5. The summed E-state index contributed by atoms with van der Waals surface area (Å²) >= 11 is 16.3. The van der Waals surface area contributed by atoms with Gasteiger partial charge >= 0.3 is 5.97 Å². The third kappa shape index (κ3) is 6.75. The van der Waals surface area contributed by atoms with Gasteiger partial charge in [0.2, 0.25) is 0 Å². The van der Waals surface area contributed by atoms with E-state index in [9.17, 15) is 9.59 Å². The van der Waals surface area contributed by atoms with Crippen molar-refractivity contribution in [2.75, 3.05) is 19.8 Å². The number of hydrogen-bond acceptors (Lipinski definition) is 7. The Morgan fingerprint density at radius 1 is 1.21 bits per heavy atom. The highest BCUT2D eigenvalue weighted by Gasteiger charge is 2.32. The second-order valence-electron chi connectivity index (χ2n) is 7.03. The molecular formula is C24H23BrClNO5S2. The normalized spacial score (nSPS) is 14.6. The molecule has 0 bridgehead atoms. The summed E-state index contributed by atoms with van der Waals surface area (Å²) in [5.41, 5.74) is 1.60. The molecule has 0 saturated carbocycles. The molecule has 6 nitrogen and oxygen atoms in total. The average Bonchev–Trinajstić information content (AvgIpc) is 3.05. The molecule has 34 heavy (non-hydrogen) atoms. The highest BCUT2D eigenvalue weighted by atomic mass is 79.9. The fraction of sp³-hybridized carbons (Fsp3) is 0.292. The molecule has 0 aliphatic carbocycles. The molecule has 1 heterocycles. The maximum atomic E-state index is 12.9. The molecule has 0 unspecified atom stereocenters. The summed E-state index contributed by atoms with van der Waals surface area (Å²) < 4.78 is 17.8. The lowest BCUT2D eigenvalue weighted by atomic mass is 10.1. The fourth-order valence-corrected chi connectivity index (χ4v) is 5.19. The molecule has 1 fully saturated rings. The Labute approximate surface area is 221 Å². The molecule has 180 valence electrons. The molecule has 1 amide bonds. The quantitative estimate of drug-likeness (QED) is 0.186. The van der Waals surface area contributed by atoms with E-state index < -0.39 is 0 Å². The summed E-state index contributed by atoms with van der Waals surface area (Å²) in [6, 6.07) is 11.1. The lowest BCUT2D eigenvalue weighted by Crippen LogP contribution is -2.30. The van der Waals surface area contributed by atoms with E-state index >= 15 is 0 Å². The number of ether oxygens (including phenoxy) is 3. The SMILES string of the molecule is CCOC(=O)CCN1C(=O)/C(=C/c2cc(Br)c(OCc3ccccc3Cl)c(OCC)c2)SC1=S. The fourth-order valence-electron chi connectivity index (χ4n) is 3.12. The number of rotatable bonds is 10. The van der Waals surface area contributed by atoms with E-state index in [1.54, 1.807) is 19.1 Å². The summed E-state index contributed by atoms with van der Waals surface area (Å²) in [6.45, 7) is 4.82. The van der Waals surface area contributed by atoms with Crippen molar-refractivity contribution in [2.45, 2.75) is 26.9 Å². The van der Waals surface area contributed by atoms with Gasteiger partial charge < -0.3 is 14.2 Å². The molecule has 10 heteroatoms. The zero-order valence-electron chi connectivity index (χ0n) is 18.6. The monoisotopic (exact) mass is 583 g/mol. The Kier molecular flexibility index (Phi) is 9.82. The maximum absolute atomic E-state index is 12.9. The number of amides is 1. The Hall–Kier alpha value is -2.07. The van der Waals surface area contributed by atoms with Gasteiger partial charge in [-0.15, -0.1) is 0 Å². The molecule has 0 atom stereocenters. The van der Waals surface area contributed by atoms with Crippen LogP contribution in [0.2, 0.25) is 5.02 Å². The van der Waals surface area contributed by atoms with Gasteiger partial charge in [-0.1, -0.05) is 53.8 Å². The third-order valence-corrected chi connectivity index (χ3v) is 7.01. The third-order valence-electron chi connectivity index (χ3n) is 4.68. The summed E-state index contributed by atoms with van der Waals surface area (Å²) in [7, 11) is 0. The molecule has 1 aliphatic rings. The highest BCUT2D eigenvalue weighted by Crippen LogP contribution is 2.40. The van der Waals surface area contributed by atoms with Crippen LogP contribution in [0.4, 0.5) is 0 Å². The molecule has 2 aromatic rings. The molecule has 2 aromatic carbocycles. The first-order valence-electron chi connectivity index (χ1n) is 10.6. The molecule has 0 aromatic heterocycles. The van der Waals surface area contributed by atoms with Crippen LogP contribution in [0.3, 0.4) is 0 Å². The van der Waals surface area contributed by atoms with Crippen molar-refractivity contribution in [3.8, 4) is 11.5 Å². The van der Waals surface area contributed by atoms with E-state index in [2.05, 4.69) is 15.9 Å². The number of thiocarbonyl (C=S) groups is 1. The van der Waals surface area contributed by atoms with Gasteiger partial charge in [-0.25, -0.2) is 0 Å². The Bertz CT molecular complexity index is 1120. The van der Waals surface area contributed by atoms with Gasteiger partial charge in [0, 0.05) is 17.1 Å². The van der Waals surface area contributed by atoms with Gasteiger partial charge in [-0.3, -0.25) is 14.5 Å². The van der Waals surface area contributed by atoms with Crippen molar-refractivity contribution in [1.29, 1.82) is 0 Å². The Balaban J connectivity index is 1.79. The zero-order valence-corrected chi connectivity index (χ0v) is 22.6. The van der Waals surface area contributed by atoms with Crippen LogP contribution in [0.1, 0.15) is 31.4 Å². The number of hydrogen-bond donors (Lipinski definition) is 0. The predicted octanol–water partition coefficient (Wildman–Crippen LogP) is 6.23. The number of carbonyl (C=O) groups is 2. The van der Waals surface area contributed by atoms with Crippen LogP contribution in [0, 0.1) is 0 Å². The van der Waals surface area contributed by atoms with Gasteiger partial charge in [0.15, 0.2) is 11.5 Å². The summed E-state index contributed by atoms with van der Waals surface area (Å²) in [5.74, 6) is 0.472. The number of thioether (sulfide) groups is 1. The lowest BCUT2D eigenvalue weighted by Gasteiger charge is -2.15. The minimum Gasteiger partial charge on any atom is -0.490 e. The molecule has 0 radical (unpaired) electrons. The number of nitrogens with zero attached hydrogens (tertiary/aromatic N) is 1. The maximum Gasteiger partial charge on any atom is 0.307 e. The second kappa shape index (κ2) is 12.6. The van der Waals surface area contributed by atoms with Crippen LogP contribution in [0.15, 0.2) is 45.8 Å². The molecule has 0 N–H and O–H groups in total. The van der Waals surface area contributed by atoms with E-state index in [0.29, 0.717) is 43.4 Å².